The molecule has 0 saturated carbocycles. The van der Waals surface area contributed by atoms with Crippen molar-refractivity contribution in [3.8, 4) is 0 Å². The van der Waals surface area contributed by atoms with Gasteiger partial charge in [0.05, 0.1) is 6.26 Å². The fraction of sp³-hybridized carbons (Fsp3) is 0.167. The second-order valence-corrected chi connectivity index (χ2v) is 1.63. The summed E-state index contributed by atoms with van der Waals surface area (Å²) in [5.41, 5.74) is 6.99. The number of carboxylic acid groups (broad SMARTS) is 1. The monoisotopic (exact) mass is 170 g/mol. The molecule has 0 saturated heterocycles. The Kier molecular flexibility index (Phi) is 4.03. The van der Waals surface area contributed by atoms with Gasteiger partial charge in [-0.1, -0.05) is 6.08 Å². The predicted molar refractivity (Wildman–Crippen MR) is 37.2 cm³/mol. The summed E-state index contributed by atoms with van der Waals surface area (Å²) < 4.78 is 4.21. The number of hydrogen-bond acceptors (Lipinski definition) is 3. The molecule has 0 aromatic carbocycles. The highest BCUT2D eigenvalue weighted by Crippen LogP contribution is 1.83. The number of carboxylic acids is 1. The highest BCUT2D eigenvalue weighted by atomic mass is 16.5. The first-order valence-corrected chi connectivity index (χ1v) is 2.91. The van der Waals surface area contributed by atoms with Gasteiger partial charge in [0.15, 0.2) is 0 Å². The number of rotatable bonds is 3. The molecule has 0 heterocycles. The van der Waals surface area contributed by atoms with Gasteiger partial charge in [0, 0.05) is 0 Å². The Morgan fingerprint density at radius 3 is 2.50 bits per heavy atom. The van der Waals surface area contributed by atoms with Crippen LogP contribution in [0.4, 0.5) is 0 Å². The zero-order valence-electron chi connectivity index (χ0n) is 6.22. The van der Waals surface area contributed by atoms with E-state index in [-0.39, 0.29) is 0 Å². The summed E-state index contributed by atoms with van der Waals surface area (Å²) in [5.74, 6) is -2.87. The lowest BCUT2D eigenvalue weighted by atomic mass is 10.4. The Morgan fingerprint density at radius 1 is 1.58 bits per heavy atom. The summed E-state index contributed by atoms with van der Waals surface area (Å²) in [7, 11) is 0. The highest BCUT2D eigenvalue weighted by Gasteiger charge is 2.30. The van der Waals surface area contributed by atoms with Crippen LogP contribution in [-0.2, 0) is 14.3 Å². The van der Waals surface area contributed by atoms with E-state index in [4.69, 9.17) is 10.6 Å². The summed E-state index contributed by atoms with van der Waals surface area (Å²) >= 11 is 0. The molecular weight excluding hydrogens is 164 g/mol. The Hall–Kier alpha value is -1.94. The van der Waals surface area contributed by atoms with Gasteiger partial charge in [-0.15, -0.1) is 0 Å². The predicted octanol–water partition coefficient (Wildman–Crippen LogP) is -0.181. The third-order valence-corrected chi connectivity index (χ3v) is 0.807. The standard InChI is InChI=1S/C6H6N2O4/c1-2-3-12-6(11)4(8-7)5(9)10/h2-3H,1H3,(H,9,10)/b3-2-. The van der Waals surface area contributed by atoms with Crippen LogP contribution < -0.4 is 0 Å². The van der Waals surface area contributed by atoms with E-state index < -0.39 is 17.7 Å². The molecule has 6 nitrogen and oxygen atoms in total. The van der Waals surface area contributed by atoms with Gasteiger partial charge in [-0.05, 0) is 6.92 Å². The van der Waals surface area contributed by atoms with Crippen molar-refractivity contribution in [3.63, 3.8) is 0 Å². The number of nitrogens with zero attached hydrogens (tertiary/aromatic N) is 2. The summed E-state index contributed by atoms with van der Waals surface area (Å²) in [6, 6.07) is 0. The Labute approximate surface area is 67.7 Å². The lowest BCUT2D eigenvalue weighted by Crippen LogP contribution is -2.25. The number of aliphatic carboxylic acids is 1. The van der Waals surface area contributed by atoms with Crippen molar-refractivity contribution >= 4 is 17.7 Å². The van der Waals surface area contributed by atoms with E-state index in [0.29, 0.717) is 0 Å². The number of allylic oxidation sites excluding steroid dienone is 1. The van der Waals surface area contributed by atoms with Gasteiger partial charge in [0.1, 0.15) is 0 Å². The summed E-state index contributed by atoms with van der Waals surface area (Å²) in [4.78, 5) is 23.0. The molecule has 6 heteroatoms. The highest BCUT2D eigenvalue weighted by molar-refractivity contribution is 6.60. The van der Waals surface area contributed by atoms with Crippen molar-refractivity contribution in [2.45, 2.75) is 6.92 Å². The van der Waals surface area contributed by atoms with Gasteiger partial charge < -0.3 is 15.4 Å². The molecule has 0 bridgehead atoms. The second-order valence-electron chi connectivity index (χ2n) is 1.63. The molecule has 0 unspecified atom stereocenters. The molecule has 0 aromatic rings. The Balaban J connectivity index is 4.46. The maximum atomic E-state index is 10.6. The minimum atomic E-state index is -1.65. The van der Waals surface area contributed by atoms with E-state index in [9.17, 15) is 9.59 Å². The molecule has 0 radical (unpaired) electrons. The van der Waals surface area contributed by atoms with Crippen LogP contribution in [0.15, 0.2) is 12.3 Å². The van der Waals surface area contributed by atoms with Gasteiger partial charge in [0.25, 0.3) is 0 Å². The van der Waals surface area contributed by atoms with Crippen LogP contribution in [0.1, 0.15) is 6.92 Å². The minimum Gasteiger partial charge on any atom is -0.472 e. The fourth-order valence-corrected chi connectivity index (χ4v) is 0.357. The molecular formula is C6H6N2O4. The van der Waals surface area contributed by atoms with Crippen LogP contribution in [-0.4, -0.2) is 27.5 Å². The quantitative estimate of drug-likeness (QED) is 0.158. The van der Waals surface area contributed by atoms with Crippen molar-refractivity contribution in [3.05, 3.63) is 17.9 Å². The Morgan fingerprint density at radius 2 is 2.17 bits per heavy atom. The van der Waals surface area contributed by atoms with E-state index in [2.05, 4.69) is 9.53 Å². The summed E-state index contributed by atoms with van der Waals surface area (Å²) in [6.45, 7) is 1.57. The molecule has 0 amide bonds. The molecule has 64 valence electrons. The van der Waals surface area contributed by atoms with Gasteiger partial charge in [0.2, 0.25) is 0 Å². The number of esters is 1. The van der Waals surface area contributed by atoms with Gasteiger partial charge >= 0.3 is 17.7 Å². The van der Waals surface area contributed by atoms with Crippen LogP contribution >= 0.6 is 0 Å². The van der Waals surface area contributed by atoms with Gasteiger partial charge in [-0.3, -0.25) is 0 Å². The lowest BCUT2D eigenvalue weighted by Gasteiger charge is -1.88. The maximum Gasteiger partial charge on any atom is 0.482 e. The maximum absolute atomic E-state index is 10.6. The largest absolute Gasteiger partial charge is 0.482 e. The number of hydrogen-bond donors (Lipinski definition) is 1. The molecule has 0 aromatic heterocycles. The van der Waals surface area contributed by atoms with Crippen molar-refractivity contribution in [2.24, 2.45) is 0 Å². The van der Waals surface area contributed by atoms with Crippen LogP contribution in [0.25, 0.3) is 5.53 Å². The second kappa shape index (κ2) is 4.81. The first-order chi connectivity index (χ1) is 5.63. The average molecular weight is 170 g/mol. The van der Waals surface area contributed by atoms with E-state index in [0.717, 1.165) is 6.26 Å². The van der Waals surface area contributed by atoms with Crippen LogP contribution in [0.2, 0.25) is 0 Å². The zero-order valence-corrected chi connectivity index (χ0v) is 6.22. The fourth-order valence-electron chi connectivity index (χ4n) is 0.357. The molecule has 0 aliphatic heterocycles. The van der Waals surface area contributed by atoms with Crippen LogP contribution in [0, 0.1) is 0 Å². The molecule has 0 rings (SSSR count). The Bertz CT molecular complexity index is 275. The molecule has 0 aliphatic rings. The molecule has 12 heavy (non-hydrogen) atoms. The van der Waals surface area contributed by atoms with E-state index in [1.807, 2.05) is 0 Å². The average Bonchev–Trinajstić information content (AvgIpc) is 2.01. The van der Waals surface area contributed by atoms with Crippen molar-refractivity contribution in [1.82, 2.24) is 0 Å². The SMILES string of the molecule is C/C=C\OC(=O)C(=[N+]=[N-])C(=O)O. The minimum absolute atomic E-state index is 0.983. The van der Waals surface area contributed by atoms with Crippen LogP contribution in [0.3, 0.4) is 0 Å². The molecule has 0 fully saturated rings. The van der Waals surface area contributed by atoms with Crippen LogP contribution in [0.5, 0.6) is 0 Å². The summed E-state index contributed by atoms with van der Waals surface area (Å²) in [6.07, 6.45) is 2.37. The molecule has 0 atom stereocenters. The van der Waals surface area contributed by atoms with Crippen molar-refractivity contribution < 1.29 is 24.2 Å². The van der Waals surface area contributed by atoms with Gasteiger partial charge in [-0.25, -0.2) is 9.59 Å². The smallest absolute Gasteiger partial charge is 0.472 e. The lowest BCUT2D eigenvalue weighted by molar-refractivity contribution is -0.143. The first kappa shape index (κ1) is 10.1. The third-order valence-electron chi connectivity index (χ3n) is 0.807. The van der Waals surface area contributed by atoms with E-state index in [1.54, 1.807) is 6.92 Å². The van der Waals surface area contributed by atoms with Crippen molar-refractivity contribution in [2.75, 3.05) is 0 Å². The molecule has 1 N–H and O–H groups in total. The summed E-state index contributed by atoms with van der Waals surface area (Å²) in [5, 5.41) is 8.23. The molecule has 0 aliphatic carbocycles. The number of ether oxygens (including phenoxy) is 1. The van der Waals surface area contributed by atoms with E-state index in [1.165, 1.54) is 6.08 Å². The zero-order chi connectivity index (χ0) is 9.56. The van der Waals surface area contributed by atoms with E-state index >= 15 is 0 Å². The molecule has 0 spiro atoms. The third kappa shape index (κ3) is 2.76. The number of carbonyl (C=O) groups excluding carboxylic acids is 1. The first-order valence-electron chi connectivity index (χ1n) is 2.91. The number of carbonyl (C=O) groups is 2. The van der Waals surface area contributed by atoms with Gasteiger partial charge in [-0.2, -0.15) is 4.79 Å². The normalized spacial score (nSPS) is 9.08. The topological polar surface area (TPSA) is 100 Å². The van der Waals surface area contributed by atoms with Crippen molar-refractivity contribution in [1.29, 1.82) is 0 Å².